The van der Waals surface area contributed by atoms with E-state index < -0.39 is 35.9 Å². The van der Waals surface area contributed by atoms with Gasteiger partial charge in [0.25, 0.3) is 5.56 Å². The lowest BCUT2D eigenvalue weighted by Gasteiger charge is -2.19. The monoisotopic (exact) mass is 506 g/mol. The third kappa shape index (κ3) is 6.48. The summed E-state index contributed by atoms with van der Waals surface area (Å²) in [5.41, 5.74) is 3.83. The highest BCUT2D eigenvalue weighted by molar-refractivity contribution is 7.18. The molecule has 1 aliphatic carbocycles. The molecule has 8 nitrogen and oxygen atoms in total. The quantitative estimate of drug-likeness (QED) is 0.324. The minimum Gasteiger partial charge on any atom is -0.379 e. The number of rotatable bonds is 8. The minimum absolute atomic E-state index is 0.0417. The summed E-state index contributed by atoms with van der Waals surface area (Å²) in [7, 11) is 1.71. The number of amides is 1. The van der Waals surface area contributed by atoms with E-state index in [2.05, 4.69) is 10.9 Å². The van der Waals surface area contributed by atoms with Gasteiger partial charge >= 0.3 is 11.9 Å². The van der Waals surface area contributed by atoms with E-state index >= 15 is 0 Å². The molecule has 12 heteroatoms. The number of alkyl halides is 3. The summed E-state index contributed by atoms with van der Waals surface area (Å²) in [4.78, 5) is 37.5. The summed E-state index contributed by atoms with van der Waals surface area (Å²) in [5, 5.41) is 0.273. The highest BCUT2D eigenvalue weighted by atomic mass is 32.1. The zero-order valence-corrected chi connectivity index (χ0v) is 21.2. The number of thiophene rings is 1. The van der Waals surface area contributed by atoms with Gasteiger partial charge in [-0.3, -0.25) is 24.1 Å². The topological polar surface area (TPSA) is 94.4 Å². The second-order valence-corrected chi connectivity index (χ2v) is 10.4. The molecule has 3 rings (SSSR count). The second-order valence-electron chi connectivity index (χ2n) is 9.28. The van der Waals surface area contributed by atoms with E-state index in [-0.39, 0.29) is 22.4 Å². The third-order valence-corrected chi connectivity index (χ3v) is 7.23. The van der Waals surface area contributed by atoms with Crippen molar-refractivity contribution in [3.8, 4) is 0 Å². The SMILES string of the molecule is CCC1(n2c(=O)c3c(C)c(CNNC=O)sc3n(CCC(F)(F)F)c2=O)CC1.COC(C)(C)C. The number of methoxy groups -OCH3 is 1. The number of carbonyl (C=O) groups excluding carboxylic acids is 1. The molecule has 1 amide bonds. The highest BCUT2D eigenvalue weighted by Gasteiger charge is 2.46. The Kier molecular flexibility index (Phi) is 8.76. The molecule has 0 atom stereocenters. The van der Waals surface area contributed by atoms with Crippen LogP contribution in [0.2, 0.25) is 0 Å². The van der Waals surface area contributed by atoms with Crippen molar-refractivity contribution in [2.75, 3.05) is 7.11 Å². The lowest BCUT2D eigenvalue weighted by atomic mass is 10.1. The highest BCUT2D eigenvalue weighted by Crippen LogP contribution is 2.45. The molecule has 1 aliphatic rings. The second kappa shape index (κ2) is 10.6. The number of hydrogen-bond acceptors (Lipinski definition) is 6. The van der Waals surface area contributed by atoms with Crippen molar-refractivity contribution in [1.29, 1.82) is 0 Å². The van der Waals surface area contributed by atoms with Crippen molar-refractivity contribution in [2.45, 2.75) is 90.7 Å². The fourth-order valence-corrected chi connectivity index (χ4v) is 4.72. The molecular weight excluding hydrogens is 473 g/mol. The first kappa shape index (κ1) is 28.1. The Labute approximate surface area is 200 Å². The van der Waals surface area contributed by atoms with Crippen molar-refractivity contribution in [3.05, 3.63) is 31.3 Å². The Morgan fingerprint density at radius 1 is 1.21 bits per heavy atom. The minimum atomic E-state index is -4.42. The van der Waals surface area contributed by atoms with Gasteiger partial charge in [-0.1, -0.05) is 6.92 Å². The molecule has 2 N–H and O–H groups in total. The van der Waals surface area contributed by atoms with Crippen LogP contribution in [0.25, 0.3) is 10.2 Å². The number of fused-ring (bicyclic) bond motifs is 1. The van der Waals surface area contributed by atoms with Crippen LogP contribution in [0.3, 0.4) is 0 Å². The van der Waals surface area contributed by atoms with Gasteiger partial charge in [0, 0.05) is 25.1 Å². The predicted molar refractivity (Wildman–Crippen MR) is 126 cm³/mol. The first-order chi connectivity index (χ1) is 15.7. The maximum Gasteiger partial charge on any atom is 0.390 e. The lowest BCUT2D eigenvalue weighted by molar-refractivity contribution is -0.136. The molecular formula is C22H33F3N4O4S. The molecule has 0 radical (unpaired) electrons. The molecule has 1 saturated carbocycles. The Morgan fingerprint density at radius 2 is 1.79 bits per heavy atom. The smallest absolute Gasteiger partial charge is 0.379 e. The normalized spacial score (nSPS) is 15.1. The van der Waals surface area contributed by atoms with Gasteiger partial charge in [0.15, 0.2) is 0 Å². The zero-order valence-electron chi connectivity index (χ0n) is 20.4. The van der Waals surface area contributed by atoms with Crippen molar-refractivity contribution < 1.29 is 22.7 Å². The van der Waals surface area contributed by atoms with Crippen molar-refractivity contribution >= 4 is 28.0 Å². The molecule has 0 bridgehead atoms. The van der Waals surface area contributed by atoms with E-state index in [1.807, 2.05) is 27.7 Å². The van der Waals surface area contributed by atoms with Crippen LogP contribution >= 0.6 is 11.3 Å². The van der Waals surface area contributed by atoms with Crippen LogP contribution in [0.1, 0.15) is 63.8 Å². The first-order valence-electron chi connectivity index (χ1n) is 11.0. The Morgan fingerprint density at radius 3 is 2.24 bits per heavy atom. The number of nitrogens with one attached hydrogen (secondary N) is 2. The summed E-state index contributed by atoms with van der Waals surface area (Å²) in [5.74, 6) is 0. The third-order valence-electron chi connectivity index (χ3n) is 5.91. The molecule has 0 spiro atoms. The molecule has 34 heavy (non-hydrogen) atoms. The molecule has 0 saturated heterocycles. The van der Waals surface area contributed by atoms with Gasteiger partial charge in [0.1, 0.15) is 4.83 Å². The van der Waals surface area contributed by atoms with Gasteiger partial charge in [0.2, 0.25) is 6.41 Å². The number of aromatic nitrogens is 2. The molecule has 1 fully saturated rings. The summed E-state index contributed by atoms with van der Waals surface area (Å²) in [6.45, 7) is 9.28. The molecule has 2 aromatic heterocycles. The number of hydrogen-bond donors (Lipinski definition) is 2. The van der Waals surface area contributed by atoms with Crippen LogP contribution < -0.4 is 22.1 Å². The van der Waals surface area contributed by atoms with E-state index in [4.69, 9.17) is 4.74 Å². The largest absolute Gasteiger partial charge is 0.390 e. The van der Waals surface area contributed by atoms with Gasteiger partial charge in [-0.25, -0.2) is 10.2 Å². The number of carbonyl (C=O) groups is 1. The number of aryl methyl sites for hydroxylation is 2. The lowest BCUT2D eigenvalue weighted by Crippen LogP contribution is -2.45. The Hall–Kier alpha value is -2.18. The number of hydrazine groups is 1. The van der Waals surface area contributed by atoms with E-state index in [0.29, 0.717) is 36.1 Å². The van der Waals surface area contributed by atoms with Gasteiger partial charge < -0.3 is 4.74 Å². The Balaban J connectivity index is 0.000000604. The summed E-state index contributed by atoms with van der Waals surface area (Å²) >= 11 is 1.09. The summed E-state index contributed by atoms with van der Waals surface area (Å²) in [6.07, 6.45) is -3.24. The molecule has 0 unspecified atom stereocenters. The predicted octanol–water partition coefficient (Wildman–Crippen LogP) is 3.57. The van der Waals surface area contributed by atoms with Crippen LogP contribution in [0.15, 0.2) is 9.59 Å². The standard InChI is InChI=1S/C17H21F3N4O3S.C5H12O/c1-3-16(4-5-16)24-13(26)12-10(2)11(8-21-22-9-25)28-14(12)23(15(24)27)7-6-17(18,19)20;1-5(2,3)6-4/h9,21H,3-8H2,1-2H3,(H,22,25);1-4H3. The summed E-state index contributed by atoms with van der Waals surface area (Å²) < 4.78 is 45.6. The van der Waals surface area contributed by atoms with Crippen LogP contribution in [0.5, 0.6) is 0 Å². The Bertz CT molecular complexity index is 1120. The van der Waals surface area contributed by atoms with E-state index in [0.717, 1.165) is 20.5 Å². The maximum atomic E-state index is 13.2. The molecule has 192 valence electrons. The van der Waals surface area contributed by atoms with Gasteiger partial charge in [-0.15, -0.1) is 11.3 Å². The van der Waals surface area contributed by atoms with Crippen LogP contribution in [0, 0.1) is 6.92 Å². The molecule has 2 aromatic rings. The van der Waals surface area contributed by atoms with Crippen LogP contribution in [-0.4, -0.2) is 34.4 Å². The van der Waals surface area contributed by atoms with Crippen LogP contribution in [0.4, 0.5) is 13.2 Å². The summed E-state index contributed by atoms with van der Waals surface area (Å²) in [6, 6.07) is 0. The van der Waals surface area contributed by atoms with Crippen molar-refractivity contribution in [3.63, 3.8) is 0 Å². The average molecular weight is 507 g/mol. The molecule has 0 aromatic carbocycles. The van der Waals surface area contributed by atoms with Gasteiger partial charge in [0.05, 0.1) is 22.9 Å². The zero-order chi connectivity index (χ0) is 25.9. The first-order valence-corrected chi connectivity index (χ1v) is 11.8. The van der Waals surface area contributed by atoms with Crippen LogP contribution in [-0.2, 0) is 28.2 Å². The van der Waals surface area contributed by atoms with E-state index in [1.54, 1.807) is 14.0 Å². The number of halogens is 3. The van der Waals surface area contributed by atoms with Crippen molar-refractivity contribution in [2.24, 2.45) is 0 Å². The van der Waals surface area contributed by atoms with Gasteiger partial charge in [-0.2, -0.15) is 13.2 Å². The average Bonchev–Trinajstić information content (AvgIpc) is 3.45. The van der Waals surface area contributed by atoms with E-state index in [9.17, 15) is 27.6 Å². The number of ether oxygens (including phenoxy) is 1. The molecule has 2 heterocycles. The van der Waals surface area contributed by atoms with Crippen molar-refractivity contribution in [1.82, 2.24) is 20.0 Å². The van der Waals surface area contributed by atoms with Gasteiger partial charge in [-0.05, 0) is 52.5 Å². The number of nitrogens with zero attached hydrogens (tertiary/aromatic N) is 2. The maximum absolute atomic E-state index is 13.2. The molecule has 0 aliphatic heterocycles. The fourth-order valence-electron chi connectivity index (χ4n) is 3.47. The van der Waals surface area contributed by atoms with E-state index in [1.165, 1.54) is 0 Å². The fraction of sp³-hybridized carbons (Fsp3) is 0.682.